The van der Waals surface area contributed by atoms with E-state index in [9.17, 15) is 9.90 Å². The van der Waals surface area contributed by atoms with E-state index >= 15 is 0 Å². The number of aliphatic carboxylic acids is 1. The van der Waals surface area contributed by atoms with Gasteiger partial charge < -0.3 is 5.11 Å². The number of carboxylic acid groups (broad SMARTS) is 1. The third kappa shape index (κ3) is 23.2. The van der Waals surface area contributed by atoms with E-state index in [0.29, 0.717) is 5.92 Å². The van der Waals surface area contributed by atoms with Gasteiger partial charge in [0.05, 0.1) is 5.92 Å². The Morgan fingerprint density at radius 2 is 0.765 bits per heavy atom. The van der Waals surface area contributed by atoms with Crippen molar-refractivity contribution in [3.05, 3.63) is 0 Å². The second-order valence-corrected chi connectivity index (χ2v) is 11.2. The summed E-state index contributed by atoms with van der Waals surface area (Å²) in [5, 5.41) is 9.88. The van der Waals surface area contributed by atoms with Crippen molar-refractivity contribution in [2.45, 2.75) is 188 Å². The first-order chi connectivity index (χ1) is 16.7. The van der Waals surface area contributed by atoms with Crippen LogP contribution in [-0.4, -0.2) is 11.1 Å². The number of unbranched alkanes of at least 4 members (excludes halogenated alkanes) is 19. The largest absolute Gasteiger partial charge is 0.481 e. The highest BCUT2D eigenvalue weighted by Crippen LogP contribution is 2.28. The van der Waals surface area contributed by atoms with Crippen LogP contribution < -0.4 is 0 Å². The van der Waals surface area contributed by atoms with Crippen molar-refractivity contribution in [3.63, 3.8) is 0 Å². The van der Waals surface area contributed by atoms with Crippen LogP contribution in [0.1, 0.15) is 188 Å². The topological polar surface area (TPSA) is 37.3 Å². The van der Waals surface area contributed by atoms with Crippen molar-refractivity contribution in [2.24, 2.45) is 11.8 Å². The van der Waals surface area contributed by atoms with Gasteiger partial charge in [0.1, 0.15) is 0 Å². The maximum atomic E-state index is 12.0. The van der Waals surface area contributed by atoms with Crippen LogP contribution in [0.15, 0.2) is 0 Å². The number of hydrogen-bond acceptors (Lipinski definition) is 1. The van der Waals surface area contributed by atoms with Crippen molar-refractivity contribution >= 4 is 5.97 Å². The quantitative estimate of drug-likeness (QED) is 0.113. The smallest absolute Gasteiger partial charge is 0.306 e. The van der Waals surface area contributed by atoms with Gasteiger partial charge in [0.2, 0.25) is 0 Å². The summed E-state index contributed by atoms with van der Waals surface area (Å²) >= 11 is 0. The van der Waals surface area contributed by atoms with Crippen LogP contribution in [0.5, 0.6) is 0 Å². The van der Waals surface area contributed by atoms with Gasteiger partial charge in [-0.05, 0) is 18.8 Å². The molecule has 0 aliphatic heterocycles. The molecule has 0 aromatic heterocycles. The van der Waals surface area contributed by atoms with E-state index in [1.54, 1.807) is 0 Å². The SMILES string of the molecule is CCCCCCCCCCCCCCC(CC(CCCCCC)CCCCCCCC)C(=O)O. The molecule has 0 saturated heterocycles. The van der Waals surface area contributed by atoms with Crippen molar-refractivity contribution in [1.29, 1.82) is 0 Å². The molecule has 1 N–H and O–H groups in total. The lowest BCUT2D eigenvalue weighted by Gasteiger charge is -2.21. The first-order valence-electron chi connectivity index (χ1n) is 15.9. The fourth-order valence-electron chi connectivity index (χ4n) is 5.43. The zero-order valence-electron chi connectivity index (χ0n) is 23.9. The average Bonchev–Trinajstić information content (AvgIpc) is 2.83. The third-order valence-corrected chi connectivity index (χ3v) is 7.81. The highest BCUT2D eigenvalue weighted by molar-refractivity contribution is 5.69. The van der Waals surface area contributed by atoms with Crippen molar-refractivity contribution in [2.75, 3.05) is 0 Å². The molecule has 0 fully saturated rings. The molecule has 0 aliphatic carbocycles. The van der Waals surface area contributed by atoms with Gasteiger partial charge in [-0.15, -0.1) is 0 Å². The monoisotopic (exact) mass is 480 g/mol. The maximum Gasteiger partial charge on any atom is 0.306 e. The van der Waals surface area contributed by atoms with Crippen LogP contribution in [0.3, 0.4) is 0 Å². The third-order valence-electron chi connectivity index (χ3n) is 7.81. The Morgan fingerprint density at radius 1 is 0.471 bits per heavy atom. The van der Waals surface area contributed by atoms with Crippen LogP contribution in [-0.2, 0) is 4.79 Å². The maximum absolute atomic E-state index is 12.0. The predicted octanol–water partition coefficient (Wildman–Crippen LogP) is 11.5. The first-order valence-corrected chi connectivity index (χ1v) is 15.9. The number of rotatable bonds is 28. The number of hydrogen-bond donors (Lipinski definition) is 1. The number of carboxylic acids is 1. The second kappa shape index (κ2) is 27.1. The zero-order chi connectivity index (χ0) is 25.1. The Kier molecular flexibility index (Phi) is 26.6. The van der Waals surface area contributed by atoms with Crippen LogP contribution in [0.25, 0.3) is 0 Å². The molecule has 0 radical (unpaired) electrons. The van der Waals surface area contributed by atoms with E-state index in [1.807, 2.05) is 0 Å². The average molecular weight is 481 g/mol. The molecule has 0 heterocycles. The fraction of sp³-hybridized carbons (Fsp3) is 0.969. The number of carbonyl (C=O) groups is 1. The van der Waals surface area contributed by atoms with E-state index in [0.717, 1.165) is 19.3 Å². The van der Waals surface area contributed by atoms with Gasteiger partial charge in [0.15, 0.2) is 0 Å². The van der Waals surface area contributed by atoms with Crippen LogP contribution in [0, 0.1) is 11.8 Å². The summed E-state index contributed by atoms with van der Waals surface area (Å²) in [6.45, 7) is 6.82. The molecule has 0 aliphatic rings. The van der Waals surface area contributed by atoms with Gasteiger partial charge in [-0.3, -0.25) is 4.79 Å². The van der Waals surface area contributed by atoms with Crippen LogP contribution >= 0.6 is 0 Å². The Labute approximate surface area is 215 Å². The highest BCUT2D eigenvalue weighted by atomic mass is 16.4. The molecular weight excluding hydrogens is 416 g/mol. The molecule has 204 valence electrons. The molecule has 2 atom stereocenters. The summed E-state index contributed by atoms with van der Waals surface area (Å²) in [4.78, 5) is 12.0. The van der Waals surface area contributed by atoms with E-state index in [-0.39, 0.29) is 5.92 Å². The molecule has 0 aromatic carbocycles. The summed E-state index contributed by atoms with van der Waals surface area (Å²) in [6, 6.07) is 0. The molecule has 34 heavy (non-hydrogen) atoms. The molecule has 0 bridgehead atoms. The highest BCUT2D eigenvalue weighted by Gasteiger charge is 2.22. The Morgan fingerprint density at radius 3 is 1.12 bits per heavy atom. The standard InChI is InChI=1S/C32H64O2/c1-4-7-10-13-15-16-17-18-19-20-22-25-28-31(32(33)34)29-30(26-23-12-9-6-3)27-24-21-14-11-8-5-2/h30-31H,4-29H2,1-3H3,(H,33,34). The van der Waals surface area contributed by atoms with E-state index < -0.39 is 5.97 Å². The lowest BCUT2D eigenvalue weighted by Crippen LogP contribution is -2.18. The minimum atomic E-state index is -0.537. The molecule has 2 unspecified atom stereocenters. The van der Waals surface area contributed by atoms with Crippen LogP contribution in [0.2, 0.25) is 0 Å². The minimum Gasteiger partial charge on any atom is -0.481 e. The second-order valence-electron chi connectivity index (χ2n) is 11.2. The molecule has 0 amide bonds. The summed E-state index contributed by atoms with van der Waals surface area (Å²) < 4.78 is 0. The van der Waals surface area contributed by atoms with E-state index in [2.05, 4.69) is 20.8 Å². The molecular formula is C32H64O2. The summed E-state index contributed by atoms with van der Waals surface area (Å²) in [6.07, 6.45) is 33.7. The molecule has 0 spiro atoms. The van der Waals surface area contributed by atoms with Gasteiger partial charge in [-0.1, -0.05) is 175 Å². The Hall–Kier alpha value is -0.530. The van der Waals surface area contributed by atoms with E-state index in [1.165, 1.54) is 148 Å². The van der Waals surface area contributed by atoms with E-state index in [4.69, 9.17) is 0 Å². The summed E-state index contributed by atoms with van der Waals surface area (Å²) in [5.74, 6) is -0.0228. The summed E-state index contributed by atoms with van der Waals surface area (Å²) in [5.41, 5.74) is 0. The summed E-state index contributed by atoms with van der Waals surface area (Å²) in [7, 11) is 0. The minimum absolute atomic E-state index is 0.112. The lowest BCUT2D eigenvalue weighted by atomic mass is 9.84. The molecule has 0 saturated carbocycles. The zero-order valence-corrected chi connectivity index (χ0v) is 23.9. The van der Waals surface area contributed by atoms with Crippen molar-refractivity contribution < 1.29 is 9.90 Å². The Balaban J connectivity index is 4.09. The molecule has 0 aromatic rings. The fourth-order valence-corrected chi connectivity index (χ4v) is 5.43. The molecule has 2 heteroatoms. The van der Waals surface area contributed by atoms with Crippen molar-refractivity contribution in [3.8, 4) is 0 Å². The van der Waals surface area contributed by atoms with Gasteiger partial charge in [0, 0.05) is 0 Å². The first kappa shape index (κ1) is 33.5. The van der Waals surface area contributed by atoms with Crippen LogP contribution in [0.4, 0.5) is 0 Å². The predicted molar refractivity (Wildman–Crippen MR) is 152 cm³/mol. The van der Waals surface area contributed by atoms with Gasteiger partial charge in [-0.25, -0.2) is 0 Å². The molecule has 2 nitrogen and oxygen atoms in total. The van der Waals surface area contributed by atoms with Gasteiger partial charge >= 0.3 is 5.97 Å². The van der Waals surface area contributed by atoms with Gasteiger partial charge in [-0.2, -0.15) is 0 Å². The molecule has 0 rings (SSSR count). The lowest BCUT2D eigenvalue weighted by molar-refractivity contribution is -0.142. The van der Waals surface area contributed by atoms with Crippen molar-refractivity contribution in [1.82, 2.24) is 0 Å². The van der Waals surface area contributed by atoms with Gasteiger partial charge in [0.25, 0.3) is 0 Å². The normalized spacial score (nSPS) is 13.3. The Bertz CT molecular complexity index is 406.